The lowest BCUT2D eigenvalue weighted by Crippen LogP contribution is -2.39. The standard InChI is InChI=1S/C20H18Cl3N5O3/c1-27(10-15(29)25-16-13(22)7-12(21)8-14(16)23)17-18(24)28(20(31)26-19(17)30)9-11-5-3-2-4-6-11/h2-8H,9-10,24H2,1H3,(H,25,29)(H,26,30,31). The SMILES string of the molecule is CN(CC(=O)Nc1c(Cl)cc(Cl)cc1Cl)c1c(N)n(Cc2ccccc2)c(=O)[nH]c1=O. The molecule has 3 rings (SSSR count). The third-order valence-corrected chi connectivity index (χ3v) is 5.25. The number of aromatic amines is 1. The summed E-state index contributed by atoms with van der Waals surface area (Å²) in [4.78, 5) is 40.8. The Morgan fingerprint density at radius 2 is 1.74 bits per heavy atom. The van der Waals surface area contributed by atoms with Crippen LogP contribution >= 0.6 is 34.8 Å². The van der Waals surface area contributed by atoms with Gasteiger partial charge in [0.2, 0.25) is 5.91 Å². The molecule has 1 aromatic heterocycles. The van der Waals surface area contributed by atoms with Crippen molar-refractivity contribution < 1.29 is 4.79 Å². The van der Waals surface area contributed by atoms with Crippen LogP contribution in [0, 0.1) is 0 Å². The third kappa shape index (κ3) is 5.22. The van der Waals surface area contributed by atoms with Gasteiger partial charge in [0.15, 0.2) is 0 Å². The smallest absolute Gasteiger partial charge is 0.330 e. The first-order valence-electron chi connectivity index (χ1n) is 8.99. The van der Waals surface area contributed by atoms with Crippen molar-refractivity contribution in [1.29, 1.82) is 0 Å². The number of nitrogens with zero attached hydrogens (tertiary/aromatic N) is 2. The molecule has 4 N–H and O–H groups in total. The van der Waals surface area contributed by atoms with Gasteiger partial charge in [-0.05, 0) is 17.7 Å². The van der Waals surface area contributed by atoms with Gasteiger partial charge in [0.05, 0.1) is 28.8 Å². The Bertz CT molecular complexity index is 1220. The van der Waals surface area contributed by atoms with E-state index in [2.05, 4.69) is 10.3 Å². The summed E-state index contributed by atoms with van der Waals surface area (Å²) < 4.78 is 1.23. The van der Waals surface area contributed by atoms with Gasteiger partial charge in [0, 0.05) is 12.1 Å². The van der Waals surface area contributed by atoms with E-state index < -0.39 is 17.2 Å². The largest absolute Gasteiger partial charge is 0.383 e. The zero-order valence-corrected chi connectivity index (χ0v) is 18.6. The fourth-order valence-corrected chi connectivity index (χ4v) is 3.92. The van der Waals surface area contributed by atoms with E-state index in [1.807, 2.05) is 30.3 Å². The average Bonchev–Trinajstić information content (AvgIpc) is 2.68. The van der Waals surface area contributed by atoms with E-state index in [9.17, 15) is 14.4 Å². The van der Waals surface area contributed by atoms with E-state index >= 15 is 0 Å². The number of nitrogens with two attached hydrogens (primary N) is 1. The highest BCUT2D eigenvalue weighted by molar-refractivity contribution is 6.42. The van der Waals surface area contributed by atoms with E-state index in [0.717, 1.165) is 5.56 Å². The van der Waals surface area contributed by atoms with Crippen LogP contribution < -0.4 is 27.2 Å². The zero-order chi connectivity index (χ0) is 22.7. The third-order valence-electron chi connectivity index (χ3n) is 4.43. The van der Waals surface area contributed by atoms with Crippen molar-refractivity contribution >= 4 is 57.9 Å². The summed E-state index contributed by atoms with van der Waals surface area (Å²) in [6.07, 6.45) is 0. The second kappa shape index (κ2) is 9.47. The minimum Gasteiger partial charge on any atom is -0.383 e. The Hall–Kier alpha value is -2.94. The molecule has 0 radical (unpaired) electrons. The van der Waals surface area contributed by atoms with Crippen LogP contribution in [-0.2, 0) is 11.3 Å². The molecule has 11 heteroatoms. The van der Waals surface area contributed by atoms with Crippen LogP contribution in [0.5, 0.6) is 0 Å². The highest BCUT2D eigenvalue weighted by Crippen LogP contribution is 2.33. The second-order valence-corrected chi connectivity index (χ2v) is 7.96. The number of benzene rings is 2. The molecule has 0 aliphatic rings. The monoisotopic (exact) mass is 481 g/mol. The number of carbonyl (C=O) groups excluding carboxylic acids is 1. The van der Waals surface area contributed by atoms with Crippen molar-refractivity contribution in [1.82, 2.24) is 9.55 Å². The summed E-state index contributed by atoms with van der Waals surface area (Å²) in [5.41, 5.74) is 5.79. The Labute approximate surface area is 192 Å². The number of hydrogen-bond donors (Lipinski definition) is 3. The van der Waals surface area contributed by atoms with Crippen molar-refractivity contribution in [2.24, 2.45) is 0 Å². The van der Waals surface area contributed by atoms with E-state index in [1.165, 1.54) is 28.6 Å². The molecule has 0 bridgehead atoms. The zero-order valence-electron chi connectivity index (χ0n) is 16.3. The highest BCUT2D eigenvalue weighted by Gasteiger charge is 2.19. The number of rotatable bonds is 6. The summed E-state index contributed by atoms with van der Waals surface area (Å²) in [5, 5.41) is 3.25. The van der Waals surface area contributed by atoms with E-state index in [-0.39, 0.29) is 40.3 Å². The van der Waals surface area contributed by atoms with Crippen molar-refractivity contribution in [3.63, 3.8) is 0 Å². The molecule has 1 amide bonds. The molecule has 31 heavy (non-hydrogen) atoms. The molecular formula is C20H18Cl3N5O3. The molecule has 0 saturated heterocycles. The first-order valence-corrected chi connectivity index (χ1v) is 10.1. The molecule has 0 spiro atoms. The Kier molecular flexibility index (Phi) is 6.94. The average molecular weight is 483 g/mol. The topological polar surface area (TPSA) is 113 Å². The molecule has 0 aliphatic heterocycles. The lowest BCUT2D eigenvalue weighted by Gasteiger charge is -2.21. The lowest BCUT2D eigenvalue weighted by atomic mass is 10.2. The number of halogens is 3. The summed E-state index contributed by atoms with van der Waals surface area (Å²) in [6.45, 7) is -0.0998. The van der Waals surface area contributed by atoms with Crippen LogP contribution in [-0.4, -0.2) is 29.1 Å². The highest BCUT2D eigenvalue weighted by atomic mass is 35.5. The molecular weight excluding hydrogens is 465 g/mol. The van der Waals surface area contributed by atoms with Gasteiger partial charge in [0.1, 0.15) is 11.5 Å². The normalized spacial score (nSPS) is 10.7. The van der Waals surface area contributed by atoms with Crippen LogP contribution in [0.2, 0.25) is 15.1 Å². The summed E-state index contributed by atoms with van der Waals surface area (Å²) in [7, 11) is 1.50. The van der Waals surface area contributed by atoms with Crippen LogP contribution in [0.1, 0.15) is 5.56 Å². The van der Waals surface area contributed by atoms with Crippen molar-refractivity contribution in [2.45, 2.75) is 6.54 Å². The maximum Gasteiger partial charge on any atom is 0.330 e. The number of carbonyl (C=O) groups is 1. The molecule has 0 aliphatic carbocycles. The molecule has 1 heterocycles. The minimum atomic E-state index is -0.704. The Morgan fingerprint density at radius 3 is 2.35 bits per heavy atom. The van der Waals surface area contributed by atoms with Gasteiger partial charge >= 0.3 is 5.69 Å². The molecule has 3 aromatic rings. The fourth-order valence-electron chi connectivity index (χ4n) is 3.00. The van der Waals surface area contributed by atoms with Gasteiger partial charge in [-0.25, -0.2) is 4.79 Å². The maximum absolute atomic E-state index is 12.5. The van der Waals surface area contributed by atoms with Gasteiger partial charge in [-0.15, -0.1) is 0 Å². The number of H-pyrrole nitrogens is 1. The predicted molar refractivity (Wildman–Crippen MR) is 125 cm³/mol. The van der Waals surface area contributed by atoms with E-state index in [0.29, 0.717) is 5.02 Å². The van der Waals surface area contributed by atoms with E-state index in [1.54, 1.807) is 0 Å². The fraction of sp³-hybridized carbons (Fsp3) is 0.150. The van der Waals surface area contributed by atoms with Crippen molar-refractivity contribution in [2.75, 3.05) is 29.5 Å². The summed E-state index contributed by atoms with van der Waals surface area (Å²) >= 11 is 18.0. The first kappa shape index (κ1) is 22.7. The summed E-state index contributed by atoms with van der Waals surface area (Å²) in [5.74, 6) is -0.566. The number of hydrogen-bond acceptors (Lipinski definition) is 5. The summed E-state index contributed by atoms with van der Waals surface area (Å²) in [6, 6.07) is 12.0. The predicted octanol–water partition coefficient (Wildman–Crippen LogP) is 3.20. The Morgan fingerprint density at radius 1 is 1.13 bits per heavy atom. The van der Waals surface area contributed by atoms with Crippen molar-refractivity contribution in [3.05, 3.63) is 83.9 Å². The molecule has 2 aromatic carbocycles. The number of nitrogens with one attached hydrogen (secondary N) is 2. The number of amides is 1. The molecule has 0 unspecified atom stereocenters. The number of nitrogen functional groups attached to an aromatic ring is 1. The van der Waals surface area contributed by atoms with Crippen LogP contribution in [0.4, 0.5) is 17.2 Å². The Balaban J connectivity index is 1.85. The van der Waals surface area contributed by atoms with Crippen LogP contribution in [0.25, 0.3) is 0 Å². The van der Waals surface area contributed by atoms with Gasteiger partial charge in [-0.3, -0.25) is 19.1 Å². The minimum absolute atomic E-state index is 0.0148. The molecule has 8 nitrogen and oxygen atoms in total. The van der Waals surface area contributed by atoms with E-state index in [4.69, 9.17) is 40.5 Å². The number of anilines is 3. The van der Waals surface area contributed by atoms with Crippen molar-refractivity contribution in [3.8, 4) is 0 Å². The number of likely N-dealkylation sites (N-methyl/N-ethyl adjacent to an activating group) is 1. The van der Waals surface area contributed by atoms with Gasteiger partial charge < -0.3 is 16.0 Å². The van der Waals surface area contributed by atoms with Crippen LogP contribution in [0.3, 0.4) is 0 Å². The number of aromatic nitrogens is 2. The molecule has 0 saturated carbocycles. The second-order valence-electron chi connectivity index (χ2n) is 6.71. The van der Waals surface area contributed by atoms with Crippen LogP contribution in [0.15, 0.2) is 52.1 Å². The molecule has 0 atom stereocenters. The van der Waals surface area contributed by atoms with Gasteiger partial charge in [0.25, 0.3) is 5.56 Å². The molecule has 0 fully saturated rings. The lowest BCUT2D eigenvalue weighted by molar-refractivity contribution is -0.114. The van der Waals surface area contributed by atoms with Gasteiger partial charge in [-0.2, -0.15) is 0 Å². The first-order chi connectivity index (χ1) is 14.7. The quantitative estimate of drug-likeness (QED) is 0.499. The van der Waals surface area contributed by atoms with Gasteiger partial charge in [-0.1, -0.05) is 65.1 Å². The maximum atomic E-state index is 12.5. The molecule has 162 valence electrons.